The monoisotopic (exact) mass is 256 g/mol. The van der Waals surface area contributed by atoms with Crippen molar-refractivity contribution >= 4 is 23.4 Å². The molecule has 2 N–H and O–H groups in total. The second kappa shape index (κ2) is 7.92. The van der Waals surface area contributed by atoms with E-state index in [0.717, 1.165) is 13.0 Å². The number of benzene rings is 1. The maximum Gasteiger partial charge on any atom is 0.411 e. The van der Waals surface area contributed by atoms with Crippen LogP contribution in [0.5, 0.6) is 0 Å². The van der Waals surface area contributed by atoms with Gasteiger partial charge >= 0.3 is 6.09 Å². The Bertz CT molecular complexity index is 341. The topological polar surface area (TPSA) is 50.4 Å². The molecule has 0 aliphatic carbocycles. The SMILES string of the molecule is CCCNCCOC(=O)Nc1ccc(Cl)cc1. The lowest BCUT2D eigenvalue weighted by Crippen LogP contribution is -2.23. The number of nitrogens with one attached hydrogen (secondary N) is 2. The Morgan fingerprint density at radius 3 is 2.65 bits per heavy atom. The van der Waals surface area contributed by atoms with Crippen LogP contribution in [-0.2, 0) is 4.74 Å². The molecule has 0 aliphatic heterocycles. The number of ether oxygens (including phenoxy) is 1. The number of carbonyl (C=O) groups excluding carboxylic acids is 1. The molecule has 1 aromatic carbocycles. The highest BCUT2D eigenvalue weighted by Gasteiger charge is 2.02. The minimum absolute atomic E-state index is 0.361. The van der Waals surface area contributed by atoms with Gasteiger partial charge in [0.2, 0.25) is 0 Å². The van der Waals surface area contributed by atoms with E-state index in [1.807, 2.05) is 0 Å². The molecule has 94 valence electrons. The fourth-order valence-electron chi connectivity index (χ4n) is 1.20. The summed E-state index contributed by atoms with van der Waals surface area (Å²) in [5.74, 6) is 0. The van der Waals surface area contributed by atoms with E-state index in [4.69, 9.17) is 16.3 Å². The zero-order chi connectivity index (χ0) is 12.5. The van der Waals surface area contributed by atoms with Crippen LogP contribution in [0.1, 0.15) is 13.3 Å². The highest BCUT2D eigenvalue weighted by molar-refractivity contribution is 6.30. The van der Waals surface area contributed by atoms with Crippen molar-refractivity contribution in [2.24, 2.45) is 0 Å². The van der Waals surface area contributed by atoms with E-state index in [9.17, 15) is 4.79 Å². The van der Waals surface area contributed by atoms with Crippen molar-refractivity contribution in [3.05, 3.63) is 29.3 Å². The lowest BCUT2D eigenvalue weighted by atomic mass is 10.3. The van der Waals surface area contributed by atoms with Gasteiger partial charge in [0.25, 0.3) is 0 Å². The highest BCUT2D eigenvalue weighted by Crippen LogP contribution is 2.13. The van der Waals surface area contributed by atoms with E-state index < -0.39 is 6.09 Å². The second-order valence-corrected chi connectivity index (χ2v) is 3.95. The third-order valence-electron chi connectivity index (χ3n) is 2.03. The van der Waals surface area contributed by atoms with Crippen LogP contribution in [-0.4, -0.2) is 25.8 Å². The van der Waals surface area contributed by atoms with Crippen molar-refractivity contribution < 1.29 is 9.53 Å². The molecule has 0 spiro atoms. The number of rotatable bonds is 6. The van der Waals surface area contributed by atoms with E-state index in [1.54, 1.807) is 24.3 Å². The molecular weight excluding hydrogens is 240 g/mol. The van der Waals surface area contributed by atoms with Crippen LogP contribution in [0.15, 0.2) is 24.3 Å². The molecule has 0 saturated heterocycles. The molecule has 0 heterocycles. The molecule has 5 heteroatoms. The molecule has 1 rings (SSSR count). The molecule has 0 radical (unpaired) electrons. The molecule has 0 atom stereocenters. The number of halogens is 1. The van der Waals surface area contributed by atoms with Crippen LogP contribution in [0, 0.1) is 0 Å². The van der Waals surface area contributed by atoms with Crippen molar-refractivity contribution in [3.8, 4) is 0 Å². The van der Waals surface area contributed by atoms with Crippen LogP contribution in [0.25, 0.3) is 0 Å². The van der Waals surface area contributed by atoms with Gasteiger partial charge in [-0.3, -0.25) is 5.32 Å². The van der Waals surface area contributed by atoms with Crippen molar-refractivity contribution in [3.63, 3.8) is 0 Å². The van der Waals surface area contributed by atoms with Crippen LogP contribution in [0.2, 0.25) is 5.02 Å². The van der Waals surface area contributed by atoms with Gasteiger partial charge in [-0.1, -0.05) is 18.5 Å². The predicted octanol–water partition coefficient (Wildman–Crippen LogP) is 2.89. The Labute approximate surface area is 106 Å². The number of amides is 1. The van der Waals surface area contributed by atoms with Gasteiger partial charge in [-0.25, -0.2) is 4.79 Å². The number of hydrogen-bond donors (Lipinski definition) is 2. The Hall–Kier alpha value is -1.26. The van der Waals surface area contributed by atoms with Gasteiger partial charge in [0, 0.05) is 17.3 Å². The van der Waals surface area contributed by atoms with Gasteiger partial charge in [0.1, 0.15) is 6.61 Å². The zero-order valence-electron chi connectivity index (χ0n) is 9.83. The van der Waals surface area contributed by atoms with Gasteiger partial charge in [-0.2, -0.15) is 0 Å². The highest BCUT2D eigenvalue weighted by atomic mass is 35.5. The number of anilines is 1. The van der Waals surface area contributed by atoms with Gasteiger partial charge in [0.15, 0.2) is 0 Å². The van der Waals surface area contributed by atoms with Crippen molar-refractivity contribution in [2.75, 3.05) is 25.0 Å². The van der Waals surface area contributed by atoms with E-state index in [-0.39, 0.29) is 0 Å². The average molecular weight is 257 g/mol. The molecule has 4 nitrogen and oxygen atoms in total. The summed E-state index contributed by atoms with van der Waals surface area (Å²) < 4.78 is 4.98. The molecule has 0 aliphatic rings. The van der Waals surface area contributed by atoms with Gasteiger partial charge in [-0.15, -0.1) is 0 Å². The first-order valence-electron chi connectivity index (χ1n) is 5.62. The minimum atomic E-state index is -0.453. The first-order chi connectivity index (χ1) is 8.22. The summed E-state index contributed by atoms with van der Waals surface area (Å²) in [7, 11) is 0. The maximum absolute atomic E-state index is 11.3. The average Bonchev–Trinajstić information content (AvgIpc) is 2.32. The van der Waals surface area contributed by atoms with Crippen molar-refractivity contribution in [1.29, 1.82) is 0 Å². The van der Waals surface area contributed by atoms with E-state index in [1.165, 1.54) is 0 Å². The van der Waals surface area contributed by atoms with Crippen molar-refractivity contribution in [2.45, 2.75) is 13.3 Å². The summed E-state index contributed by atoms with van der Waals surface area (Å²) >= 11 is 5.73. The predicted molar refractivity (Wildman–Crippen MR) is 69.6 cm³/mol. The summed E-state index contributed by atoms with van der Waals surface area (Å²) in [5, 5.41) is 6.38. The van der Waals surface area contributed by atoms with E-state index in [2.05, 4.69) is 17.6 Å². The number of hydrogen-bond acceptors (Lipinski definition) is 3. The minimum Gasteiger partial charge on any atom is -0.448 e. The third-order valence-corrected chi connectivity index (χ3v) is 2.28. The second-order valence-electron chi connectivity index (χ2n) is 3.52. The van der Waals surface area contributed by atoms with Gasteiger partial charge in [-0.05, 0) is 37.2 Å². The smallest absolute Gasteiger partial charge is 0.411 e. The summed E-state index contributed by atoms with van der Waals surface area (Å²) in [6.07, 6.45) is 0.613. The largest absolute Gasteiger partial charge is 0.448 e. The summed E-state index contributed by atoms with van der Waals surface area (Å²) in [6, 6.07) is 6.86. The van der Waals surface area contributed by atoms with Crippen LogP contribution >= 0.6 is 11.6 Å². The Morgan fingerprint density at radius 2 is 2.00 bits per heavy atom. The zero-order valence-corrected chi connectivity index (χ0v) is 10.6. The number of carbonyl (C=O) groups is 1. The van der Waals surface area contributed by atoms with Crippen LogP contribution < -0.4 is 10.6 Å². The molecule has 0 unspecified atom stereocenters. The molecule has 0 fully saturated rings. The van der Waals surface area contributed by atoms with Gasteiger partial charge in [0.05, 0.1) is 0 Å². The fourth-order valence-corrected chi connectivity index (χ4v) is 1.33. The molecular formula is C12H17ClN2O2. The quantitative estimate of drug-likeness (QED) is 0.770. The fraction of sp³-hybridized carbons (Fsp3) is 0.417. The molecule has 1 amide bonds. The molecule has 17 heavy (non-hydrogen) atoms. The Balaban J connectivity index is 2.18. The van der Waals surface area contributed by atoms with E-state index >= 15 is 0 Å². The first-order valence-corrected chi connectivity index (χ1v) is 6.00. The van der Waals surface area contributed by atoms with Crippen LogP contribution in [0.4, 0.5) is 10.5 Å². The van der Waals surface area contributed by atoms with Gasteiger partial charge < -0.3 is 10.1 Å². The first kappa shape index (κ1) is 13.8. The van der Waals surface area contributed by atoms with E-state index in [0.29, 0.717) is 23.9 Å². The Kier molecular flexibility index (Phi) is 6.43. The summed E-state index contributed by atoms with van der Waals surface area (Å²) in [4.78, 5) is 11.3. The lowest BCUT2D eigenvalue weighted by molar-refractivity contribution is 0.162. The molecule has 0 saturated carbocycles. The molecule has 1 aromatic rings. The standard InChI is InChI=1S/C12H17ClN2O2/c1-2-7-14-8-9-17-12(16)15-11-5-3-10(13)4-6-11/h3-6,14H,2,7-9H2,1H3,(H,15,16). The molecule has 0 aromatic heterocycles. The van der Waals surface area contributed by atoms with Crippen LogP contribution in [0.3, 0.4) is 0 Å². The summed E-state index contributed by atoms with van der Waals surface area (Å²) in [5.41, 5.74) is 0.668. The molecule has 0 bridgehead atoms. The van der Waals surface area contributed by atoms with Crippen molar-refractivity contribution in [1.82, 2.24) is 5.32 Å². The summed E-state index contributed by atoms with van der Waals surface area (Å²) in [6.45, 7) is 4.05. The maximum atomic E-state index is 11.3. The third kappa shape index (κ3) is 6.14. The lowest BCUT2D eigenvalue weighted by Gasteiger charge is -2.07. The Morgan fingerprint density at radius 1 is 1.29 bits per heavy atom. The normalized spacial score (nSPS) is 10.0.